The lowest BCUT2D eigenvalue weighted by atomic mass is 10.0. The Labute approximate surface area is 185 Å². The van der Waals surface area contributed by atoms with Crippen molar-refractivity contribution in [3.8, 4) is 0 Å². The second kappa shape index (κ2) is 10.1. The number of pyridine rings is 1. The molecule has 1 unspecified atom stereocenters. The standard InChI is InChI=1S/C26H31N3.ClH/c1-4-29(5-2)18-10-11-19(3)27-26-22-14-8-9-15-24(22)28-25-21-13-7-6-12-20(21)16-17-23(25)26;/h6-9,12-17,19H,4-5,10-11,18H2,1-3H3,(H,27,28);1H. The van der Waals surface area contributed by atoms with E-state index in [9.17, 15) is 0 Å². The number of fused-ring (bicyclic) bond motifs is 4. The van der Waals surface area contributed by atoms with Crippen molar-refractivity contribution in [1.29, 1.82) is 0 Å². The molecular formula is C26H32ClN3. The topological polar surface area (TPSA) is 28.2 Å². The van der Waals surface area contributed by atoms with Crippen LogP contribution in [-0.4, -0.2) is 35.6 Å². The Morgan fingerprint density at radius 2 is 1.57 bits per heavy atom. The first-order valence-corrected chi connectivity index (χ1v) is 10.9. The first-order valence-electron chi connectivity index (χ1n) is 10.9. The Kier molecular flexibility index (Phi) is 7.52. The fourth-order valence-corrected chi connectivity index (χ4v) is 4.26. The molecule has 4 heteroatoms. The second-order valence-corrected chi connectivity index (χ2v) is 7.90. The number of benzene rings is 3. The molecule has 3 aromatic carbocycles. The summed E-state index contributed by atoms with van der Waals surface area (Å²) in [7, 11) is 0. The molecule has 0 aliphatic heterocycles. The molecule has 1 N–H and O–H groups in total. The molecule has 1 atom stereocenters. The van der Waals surface area contributed by atoms with Gasteiger partial charge in [-0.05, 0) is 50.9 Å². The number of anilines is 1. The molecule has 30 heavy (non-hydrogen) atoms. The van der Waals surface area contributed by atoms with E-state index in [4.69, 9.17) is 4.98 Å². The van der Waals surface area contributed by atoms with E-state index < -0.39 is 0 Å². The molecule has 4 aromatic rings. The molecular weight excluding hydrogens is 390 g/mol. The highest BCUT2D eigenvalue weighted by Gasteiger charge is 2.13. The molecule has 0 fully saturated rings. The number of nitrogens with one attached hydrogen (secondary N) is 1. The van der Waals surface area contributed by atoms with Crippen molar-refractivity contribution >= 4 is 50.7 Å². The third kappa shape index (κ3) is 4.53. The van der Waals surface area contributed by atoms with E-state index in [1.807, 2.05) is 0 Å². The predicted molar refractivity (Wildman–Crippen MR) is 134 cm³/mol. The summed E-state index contributed by atoms with van der Waals surface area (Å²) in [6.07, 6.45) is 2.36. The smallest absolute Gasteiger partial charge is 0.0808 e. The number of halogens is 1. The Balaban J connectivity index is 0.00000256. The quantitative estimate of drug-likeness (QED) is 0.248. The van der Waals surface area contributed by atoms with Crippen LogP contribution in [0.1, 0.15) is 33.6 Å². The van der Waals surface area contributed by atoms with Crippen molar-refractivity contribution in [2.24, 2.45) is 0 Å². The lowest BCUT2D eigenvalue weighted by Gasteiger charge is -2.22. The highest BCUT2D eigenvalue weighted by Crippen LogP contribution is 2.35. The molecule has 0 aliphatic rings. The average Bonchev–Trinajstić information content (AvgIpc) is 2.76. The zero-order valence-corrected chi connectivity index (χ0v) is 19.0. The first-order chi connectivity index (χ1) is 14.2. The number of para-hydroxylation sites is 1. The van der Waals surface area contributed by atoms with Gasteiger partial charge in [-0.3, -0.25) is 0 Å². The largest absolute Gasteiger partial charge is 0.381 e. The maximum Gasteiger partial charge on any atom is 0.0808 e. The van der Waals surface area contributed by atoms with Gasteiger partial charge in [0.05, 0.1) is 16.7 Å². The Morgan fingerprint density at radius 1 is 0.867 bits per heavy atom. The second-order valence-electron chi connectivity index (χ2n) is 7.90. The molecule has 1 aromatic heterocycles. The molecule has 0 aliphatic carbocycles. The van der Waals surface area contributed by atoms with Crippen LogP contribution >= 0.6 is 12.4 Å². The van der Waals surface area contributed by atoms with Gasteiger partial charge in [0.25, 0.3) is 0 Å². The van der Waals surface area contributed by atoms with Gasteiger partial charge < -0.3 is 10.2 Å². The zero-order valence-electron chi connectivity index (χ0n) is 18.2. The summed E-state index contributed by atoms with van der Waals surface area (Å²) in [5, 5.41) is 8.70. The Hall–Kier alpha value is -2.36. The normalized spacial score (nSPS) is 12.4. The molecule has 0 radical (unpaired) electrons. The van der Waals surface area contributed by atoms with Gasteiger partial charge in [0.15, 0.2) is 0 Å². The molecule has 0 bridgehead atoms. The van der Waals surface area contributed by atoms with Crippen LogP contribution in [0, 0.1) is 0 Å². The van der Waals surface area contributed by atoms with Gasteiger partial charge in [0.1, 0.15) is 0 Å². The summed E-state index contributed by atoms with van der Waals surface area (Å²) in [6, 6.07) is 21.8. The van der Waals surface area contributed by atoms with Gasteiger partial charge in [0.2, 0.25) is 0 Å². The van der Waals surface area contributed by atoms with E-state index >= 15 is 0 Å². The van der Waals surface area contributed by atoms with Gasteiger partial charge in [0, 0.05) is 22.2 Å². The maximum atomic E-state index is 5.03. The fraction of sp³-hybridized carbons (Fsp3) is 0.346. The molecule has 0 saturated carbocycles. The summed E-state index contributed by atoms with van der Waals surface area (Å²) < 4.78 is 0. The van der Waals surface area contributed by atoms with Gasteiger partial charge in [-0.2, -0.15) is 0 Å². The van der Waals surface area contributed by atoms with E-state index in [-0.39, 0.29) is 12.4 Å². The molecule has 1 heterocycles. The number of hydrogen-bond acceptors (Lipinski definition) is 3. The zero-order chi connectivity index (χ0) is 20.2. The van der Waals surface area contributed by atoms with E-state index in [1.165, 1.54) is 40.2 Å². The van der Waals surface area contributed by atoms with E-state index in [0.717, 1.165) is 30.5 Å². The Bertz CT molecular complexity index is 1120. The third-order valence-electron chi connectivity index (χ3n) is 5.97. The van der Waals surface area contributed by atoms with Crippen LogP contribution in [-0.2, 0) is 0 Å². The number of hydrogen-bond donors (Lipinski definition) is 1. The minimum atomic E-state index is 0. The van der Waals surface area contributed by atoms with E-state index in [0.29, 0.717) is 6.04 Å². The summed E-state index contributed by atoms with van der Waals surface area (Å²) in [6.45, 7) is 10.2. The number of rotatable bonds is 8. The number of nitrogens with zero attached hydrogens (tertiary/aromatic N) is 2. The summed E-state index contributed by atoms with van der Waals surface area (Å²) in [5.74, 6) is 0. The van der Waals surface area contributed by atoms with Crippen molar-refractivity contribution in [2.75, 3.05) is 25.0 Å². The van der Waals surface area contributed by atoms with Crippen LogP contribution in [0.3, 0.4) is 0 Å². The van der Waals surface area contributed by atoms with Crippen LogP contribution in [0.4, 0.5) is 5.69 Å². The highest BCUT2D eigenvalue weighted by molar-refractivity contribution is 6.15. The van der Waals surface area contributed by atoms with Gasteiger partial charge in [-0.15, -0.1) is 12.4 Å². The minimum absolute atomic E-state index is 0. The van der Waals surface area contributed by atoms with Crippen LogP contribution in [0.15, 0.2) is 60.7 Å². The minimum Gasteiger partial charge on any atom is -0.381 e. The lowest BCUT2D eigenvalue weighted by molar-refractivity contribution is 0.295. The third-order valence-corrected chi connectivity index (χ3v) is 5.97. The van der Waals surface area contributed by atoms with Crippen molar-refractivity contribution < 1.29 is 0 Å². The molecule has 4 rings (SSSR count). The van der Waals surface area contributed by atoms with Crippen LogP contribution < -0.4 is 5.32 Å². The average molecular weight is 422 g/mol. The van der Waals surface area contributed by atoms with Crippen molar-refractivity contribution in [2.45, 2.75) is 39.7 Å². The maximum absolute atomic E-state index is 5.03. The monoisotopic (exact) mass is 421 g/mol. The number of aromatic nitrogens is 1. The summed E-state index contributed by atoms with van der Waals surface area (Å²) >= 11 is 0. The first kappa shape index (κ1) is 22.3. The molecule has 0 amide bonds. The molecule has 158 valence electrons. The highest BCUT2D eigenvalue weighted by atomic mass is 35.5. The molecule has 0 saturated heterocycles. The SMILES string of the molecule is CCN(CC)CCCC(C)Nc1c2ccccc2nc2c1ccc1ccccc12.Cl. The predicted octanol–water partition coefficient (Wildman–Crippen LogP) is 6.89. The van der Waals surface area contributed by atoms with Crippen molar-refractivity contribution in [3.63, 3.8) is 0 Å². The van der Waals surface area contributed by atoms with E-state index in [2.05, 4.69) is 91.7 Å². The molecule has 3 nitrogen and oxygen atoms in total. The van der Waals surface area contributed by atoms with Crippen molar-refractivity contribution in [3.05, 3.63) is 60.7 Å². The van der Waals surface area contributed by atoms with Gasteiger partial charge in [-0.25, -0.2) is 4.98 Å². The van der Waals surface area contributed by atoms with E-state index in [1.54, 1.807) is 0 Å². The van der Waals surface area contributed by atoms with Crippen LogP contribution in [0.2, 0.25) is 0 Å². The lowest BCUT2D eigenvalue weighted by Crippen LogP contribution is -2.25. The Morgan fingerprint density at radius 3 is 2.33 bits per heavy atom. The van der Waals surface area contributed by atoms with Gasteiger partial charge >= 0.3 is 0 Å². The van der Waals surface area contributed by atoms with Crippen LogP contribution in [0.5, 0.6) is 0 Å². The fourth-order valence-electron chi connectivity index (χ4n) is 4.26. The summed E-state index contributed by atoms with van der Waals surface area (Å²) in [5.41, 5.74) is 3.35. The molecule has 0 spiro atoms. The summed E-state index contributed by atoms with van der Waals surface area (Å²) in [4.78, 5) is 7.53. The van der Waals surface area contributed by atoms with Gasteiger partial charge in [-0.1, -0.05) is 68.4 Å². The van der Waals surface area contributed by atoms with Crippen molar-refractivity contribution in [1.82, 2.24) is 9.88 Å². The van der Waals surface area contributed by atoms with Crippen LogP contribution in [0.25, 0.3) is 32.6 Å².